The predicted molar refractivity (Wildman–Crippen MR) is 103 cm³/mol. The summed E-state index contributed by atoms with van der Waals surface area (Å²) >= 11 is 0. The predicted octanol–water partition coefficient (Wildman–Crippen LogP) is 3.58. The average molecular weight is 350 g/mol. The Labute approximate surface area is 152 Å². The van der Waals surface area contributed by atoms with E-state index < -0.39 is 0 Å². The summed E-state index contributed by atoms with van der Waals surface area (Å²) in [4.78, 5) is 0. The lowest BCUT2D eigenvalue weighted by molar-refractivity contribution is 0.201. The van der Waals surface area contributed by atoms with Crippen molar-refractivity contribution in [2.45, 2.75) is 6.04 Å². The van der Waals surface area contributed by atoms with Gasteiger partial charge >= 0.3 is 0 Å². The molecule has 1 unspecified atom stereocenters. The summed E-state index contributed by atoms with van der Waals surface area (Å²) in [6, 6.07) is 18.8. The lowest BCUT2D eigenvalue weighted by Crippen LogP contribution is -2.20. The molecular weight excluding hydrogens is 328 g/mol. The van der Waals surface area contributed by atoms with Crippen molar-refractivity contribution >= 4 is 22.1 Å². The smallest absolute Gasteiger partial charge is 0.119 e. The van der Waals surface area contributed by atoms with Crippen LogP contribution < -0.4 is 16.2 Å². The van der Waals surface area contributed by atoms with Gasteiger partial charge in [-0.1, -0.05) is 30.3 Å². The van der Waals surface area contributed by atoms with Gasteiger partial charge in [0, 0.05) is 18.0 Å². The number of hydrogen-bond acceptors (Lipinski definition) is 6. The normalized spacial score (nSPS) is 12.6. The van der Waals surface area contributed by atoms with E-state index in [-0.39, 0.29) is 19.3 Å². The molecule has 5 N–H and O–H groups in total. The van der Waals surface area contributed by atoms with Crippen molar-refractivity contribution in [2.75, 3.05) is 19.8 Å². The highest BCUT2D eigenvalue weighted by atomic mass is 16.5. The lowest BCUT2D eigenvalue weighted by atomic mass is 9.98. The van der Waals surface area contributed by atoms with Gasteiger partial charge in [-0.05, 0) is 41.3 Å². The topological polar surface area (TPSA) is 106 Å². The van der Waals surface area contributed by atoms with Gasteiger partial charge in [-0.3, -0.25) is 0 Å². The number of fused-ring (bicyclic) bond motifs is 1. The third kappa shape index (κ3) is 4.05. The van der Waals surface area contributed by atoms with E-state index in [4.69, 9.17) is 21.3 Å². The first-order valence-corrected chi connectivity index (χ1v) is 8.45. The van der Waals surface area contributed by atoms with Gasteiger partial charge in [-0.15, -0.1) is 5.11 Å². The summed E-state index contributed by atoms with van der Waals surface area (Å²) in [5.74, 6) is 0.684. The minimum atomic E-state index is -0.211. The third-order valence-electron chi connectivity index (χ3n) is 4.06. The van der Waals surface area contributed by atoms with Gasteiger partial charge in [0.15, 0.2) is 0 Å². The molecule has 3 aromatic rings. The number of aliphatic hydroxyl groups excluding tert-OH is 1. The van der Waals surface area contributed by atoms with E-state index in [1.54, 1.807) is 12.1 Å². The molecule has 26 heavy (non-hydrogen) atoms. The van der Waals surface area contributed by atoms with E-state index in [0.717, 1.165) is 22.0 Å². The van der Waals surface area contributed by atoms with Crippen LogP contribution in [0.25, 0.3) is 10.8 Å². The fourth-order valence-electron chi connectivity index (χ4n) is 2.73. The molecule has 3 rings (SSSR count). The van der Waals surface area contributed by atoms with Crippen molar-refractivity contribution in [2.24, 2.45) is 21.7 Å². The number of nitrogens with zero attached hydrogens (tertiary/aromatic N) is 2. The molecular formula is C20H22N4O2. The summed E-state index contributed by atoms with van der Waals surface area (Å²) in [5, 5.41) is 19.5. The van der Waals surface area contributed by atoms with Crippen LogP contribution in [0.2, 0.25) is 0 Å². The Morgan fingerprint density at radius 2 is 1.65 bits per heavy atom. The zero-order chi connectivity index (χ0) is 18.4. The molecule has 0 fully saturated rings. The summed E-state index contributed by atoms with van der Waals surface area (Å²) in [6.07, 6.45) is 0. The molecule has 0 amide bonds. The molecule has 6 heteroatoms. The maximum atomic E-state index is 8.78. The number of aliphatic hydroxyl groups is 1. The molecule has 3 aromatic carbocycles. The van der Waals surface area contributed by atoms with Crippen LogP contribution in [0, 0.1) is 0 Å². The monoisotopic (exact) mass is 350 g/mol. The van der Waals surface area contributed by atoms with Crippen molar-refractivity contribution in [1.82, 2.24) is 0 Å². The highest BCUT2D eigenvalue weighted by Gasteiger charge is 2.10. The molecule has 0 spiro atoms. The standard InChI is InChI=1S/C20H22N4O2/c21-13-19(22)17-9-10-20(18-4-2-1-3-16(17)18)24-23-14-5-7-15(8-6-14)26-12-11-25/h1-10,19,25H,11-13,21-22H2. The Balaban J connectivity index is 1.88. The molecule has 0 saturated heterocycles. The SMILES string of the molecule is NCC(N)c1ccc(N=Nc2ccc(OCCO)cc2)c2ccccc12. The van der Waals surface area contributed by atoms with Gasteiger partial charge in [0.2, 0.25) is 0 Å². The molecule has 0 aliphatic rings. The second-order valence-electron chi connectivity index (χ2n) is 5.83. The van der Waals surface area contributed by atoms with Gasteiger partial charge in [0.05, 0.1) is 18.0 Å². The van der Waals surface area contributed by atoms with E-state index in [1.807, 2.05) is 48.5 Å². The highest BCUT2D eigenvalue weighted by Crippen LogP contribution is 2.32. The minimum Gasteiger partial charge on any atom is -0.491 e. The molecule has 0 radical (unpaired) electrons. The number of rotatable bonds is 7. The summed E-state index contributed by atoms with van der Waals surface area (Å²) in [5.41, 5.74) is 14.3. The molecule has 0 heterocycles. The number of benzene rings is 3. The molecule has 0 aromatic heterocycles. The Kier molecular flexibility index (Phi) is 5.91. The molecule has 0 bridgehead atoms. The summed E-state index contributed by atoms with van der Waals surface area (Å²) in [7, 11) is 0. The second kappa shape index (κ2) is 8.53. The largest absolute Gasteiger partial charge is 0.491 e. The van der Waals surface area contributed by atoms with Crippen LogP contribution in [0.1, 0.15) is 11.6 Å². The Hall–Kier alpha value is -2.80. The van der Waals surface area contributed by atoms with E-state index >= 15 is 0 Å². The minimum absolute atomic E-state index is 0.0155. The van der Waals surface area contributed by atoms with Gasteiger partial charge in [0.25, 0.3) is 0 Å². The van der Waals surface area contributed by atoms with Gasteiger partial charge in [-0.2, -0.15) is 5.11 Å². The molecule has 134 valence electrons. The van der Waals surface area contributed by atoms with E-state index in [9.17, 15) is 0 Å². The molecule has 0 saturated carbocycles. The Bertz CT molecular complexity index is 894. The third-order valence-corrected chi connectivity index (χ3v) is 4.06. The fraction of sp³-hybridized carbons (Fsp3) is 0.200. The van der Waals surface area contributed by atoms with Crippen LogP contribution in [0.15, 0.2) is 70.9 Å². The highest BCUT2D eigenvalue weighted by molar-refractivity contribution is 5.95. The molecule has 6 nitrogen and oxygen atoms in total. The van der Waals surface area contributed by atoms with E-state index in [0.29, 0.717) is 18.0 Å². The maximum absolute atomic E-state index is 8.78. The van der Waals surface area contributed by atoms with Crippen LogP contribution in [0.4, 0.5) is 11.4 Å². The van der Waals surface area contributed by atoms with Crippen molar-refractivity contribution < 1.29 is 9.84 Å². The van der Waals surface area contributed by atoms with E-state index in [1.165, 1.54) is 0 Å². The number of ether oxygens (including phenoxy) is 1. The van der Waals surface area contributed by atoms with Crippen LogP contribution in [-0.4, -0.2) is 24.9 Å². The van der Waals surface area contributed by atoms with E-state index in [2.05, 4.69) is 10.2 Å². The van der Waals surface area contributed by atoms with Crippen molar-refractivity contribution in [3.63, 3.8) is 0 Å². The maximum Gasteiger partial charge on any atom is 0.119 e. The zero-order valence-electron chi connectivity index (χ0n) is 14.4. The summed E-state index contributed by atoms with van der Waals surface area (Å²) < 4.78 is 5.33. The zero-order valence-corrected chi connectivity index (χ0v) is 14.4. The second-order valence-corrected chi connectivity index (χ2v) is 5.83. The lowest BCUT2D eigenvalue weighted by Gasteiger charge is -2.13. The van der Waals surface area contributed by atoms with Crippen LogP contribution in [0.3, 0.4) is 0 Å². The quantitative estimate of drug-likeness (QED) is 0.566. The van der Waals surface area contributed by atoms with Crippen molar-refractivity contribution in [3.05, 3.63) is 66.2 Å². The number of azo groups is 1. The first-order valence-electron chi connectivity index (χ1n) is 8.45. The Morgan fingerprint density at radius 3 is 2.35 bits per heavy atom. The summed E-state index contributed by atoms with van der Waals surface area (Å²) in [6.45, 7) is 0.637. The fourth-order valence-corrected chi connectivity index (χ4v) is 2.73. The average Bonchev–Trinajstić information content (AvgIpc) is 2.70. The van der Waals surface area contributed by atoms with Gasteiger partial charge in [-0.25, -0.2) is 0 Å². The van der Waals surface area contributed by atoms with Crippen molar-refractivity contribution in [1.29, 1.82) is 0 Å². The van der Waals surface area contributed by atoms with Crippen LogP contribution >= 0.6 is 0 Å². The number of hydrogen-bond donors (Lipinski definition) is 3. The van der Waals surface area contributed by atoms with Crippen molar-refractivity contribution in [3.8, 4) is 5.75 Å². The van der Waals surface area contributed by atoms with Gasteiger partial charge < -0.3 is 21.3 Å². The number of nitrogens with two attached hydrogens (primary N) is 2. The first-order chi connectivity index (χ1) is 12.7. The molecule has 1 atom stereocenters. The Morgan fingerprint density at radius 1 is 0.923 bits per heavy atom. The molecule has 0 aliphatic carbocycles. The molecule has 0 aliphatic heterocycles. The van der Waals surface area contributed by atoms with Crippen LogP contribution in [-0.2, 0) is 0 Å². The van der Waals surface area contributed by atoms with Gasteiger partial charge in [0.1, 0.15) is 12.4 Å². The van der Waals surface area contributed by atoms with Crippen LogP contribution in [0.5, 0.6) is 5.75 Å². The first kappa shape index (κ1) is 18.0.